The molecule has 0 saturated carbocycles. The molecule has 5 N–H and O–H groups in total. The van der Waals surface area contributed by atoms with E-state index in [1.165, 1.54) is 0 Å². The van der Waals surface area contributed by atoms with Crippen LogP contribution in [-0.4, -0.2) is 59.7 Å². The van der Waals surface area contributed by atoms with Gasteiger partial charge in [-0.1, -0.05) is 6.92 Å². The van der Waals surface area contributed by atoms with Crippen molar-refractivity contribution in [2.75, 3.05) is 32.9 Å². The first-order valence-electron chi connectivity index (χ1n) is 5.94. The van der Waals surface area contributed by atoms with E-state index < -0.39 is 30.8 Å². The third kappa shape index (κ3) is 2.77. The van der Waals surface area contributed by atoms with Crippen LogP contribution in [0.15, 0.2) is 0 Å². The highest BCUT2D eigenvalue weighted by Crippen LogP contribution is 2.30. The first-order valence-corrected chi connectivity index (χ1v) is 5.94. The van der Waals surface area contributed by atoms with Crippen molar-refractivity contribution in [1.29, 1.82) is 0 Å². The minimum atomic E-state index is -1.33. The smallest absolute Gasteiger partial charge is 0.228 e. The zero-order valence-corrected chi connectivity index (χ0v) is 10.2. The molecule has 1 unspecified atom stereocenters. The van der Waals surface area contributed by atoms with Gasteiger partial charge in [-0.15, -0.1) is 0 Å². The van der Waals surface area contributed by atoms with Crippen LogP contribution in [0.4, 0.5) is 0 Å². The van der Waals surface area contributed by atoms with Crippen molar-refractivity contribution < 1.29 is 20.1 Å². The van der Waals surface area contributed by atoms with E-state index in [1.807, 2.05) is 6.92 Å². The maximum atomic E-state index is 12.2. The molecule has 17 heavy (non-hydrogen) atoms. The molecule has 0 aromatic rings. The first-order chi connectivity index (χ1) is 8.08. The Morgan fingerprint density at radius 3 is 2.29 bits per heavy atom. The molecule has 1 amide bonds. The average molecular weight is 246 g/mol. The van der Waals surface area contributed by atoms with Crippen molar-refractivity contribution in [3.63, 3.8) is 0 Å². The molecule has 1 aliphatic heterocycles. The van der Waals surface area contributed by atoms with Crippen LogP contribution in [0, 0.1) is 5.41 Å². The Balaban J connectivity index is 2.75. The van der Waals surface area contributed by atoms with Gasteiger partial charge >= 0.3 is 0 Å². The molecular formula is C11H22N2O4. The molecule has 100 valence electrons. The number of amides is 1. The van der Waals surface area contributed by atoms with Crippen LogP contribution in [0.1, 0.15) is 19.8 Å². The molecule has 0 bridgehead atoms. The third-order valence-electron chi connectivity index (χ3n) is 3.69. The van der Waals surface area contributed by atoms with E-state index in [4.69, 9.17) is 0 Å². The van der Waals surface area contributed by atoms with Gasteiger partial charge < -0.3 is 26.0 Å². The highest BCUT2D eigenvalue weighted by Gasteiger charge is 2.43. The number of carbonyl (C=O) groups excluding carboxylic acids is 1. The molecule has 0 aliphatic carbocycles. The monoisotopic (exact) mass is 246 g/mol. The Kier molecular flexibility index (Phi) is 4.88. The lowest BCUT2D eigenvalue weighted by molar-refractivity contribution is -0.134. The molecule has 1 atom stereocenters. The van der Waals surface area contributed by atoms with Crippen molar-refractivity contribution in [3.05, 3.63) is 0 Å². The van der Waals surface area contributed by atoms with Gasteiger partial charge in [0.2, 0.25) is 5.91 Å². The maximum Gasteiger partial charge on any atom is 0.228 e. The Morgan fingerprint density at radius 2 is 1.94 bits per heavy atom. The van der Waals surface area contributed by atoms with Gasteiger partial charge in [0.05, 0.1) is 25.2 Å². The molecule has 1 heterocycles. The molecule has 6 nitrogen and oxygen atoms in total. The number of aliphatic hydroxyl groups excluding tert-OH is 3. The molecule has 6 heteroatoms. The maximum absolute atomic E-state index is 12.2. The van der Waals surface area contributed by atoms with E-state index in [1.54, 1.807) is 0 Å². The van der Waals surface area contributed by atoms with Gasteiger partial charge in [0.25, 0.3) is 0 Å². The van der Waals surface area contributed by atoms with Crippen molar-refractivity contribution in [1.82, 2.24) is 10.6 Å². The summed E-state index contributed by atoms with van der Waals surface area (Å²) in [5, 5.41) is 33.2. The standard InChI is InChI=1S/C11H22N2O4/c1-2-10(3-4-12-5-10)9(17)13-11(6-14,7-15)8-16/h12,14-16H,2-8H2,1H3,(H,13,17). The summed E-state index contributed by atoms with van der Waals surface area (Å²) in [6.45, 7) is 1.85. The fraction of sp³-hybridized carbons (Fsp3) is 0.909. The van der Waals surface area contributed by atoms with Gasteiger partial charge in [-0.3, -0.25) is 4.79 Å². The topological polar surface area (TPSA) is 102 Å². The molecule has 0 aromatic carbocycles. The Labute approximate surface area is 101 Å². The van der Waals surface area contributed by atoms with Crippen molar-refractivity contribution >= 4 is 5.91 Å². The van der Waals surface area contributed by atoms with Crippen LogP contribution in [-0.2, 0) is 4.79 Å². The molecule has 1 rings (SSSR count). The van der Waals surface area contributed by atoms with E-state index in [0.717, 1.165) is 13.0 Å². The van der Waals surface area contributed by atoms with Crippen molar-refractivity contribution in [3.8, 4) is 0 Å². The number of rotatable bonds is 6. The zero-order chi connectivity index (χ0) is 12.9. The molecule has 1 fully saturated rings. The van der Waals surface area contributed by atoms with E-state index >= 15 is 0 Å². The lowest BCUT2D eigenvalue weighted by Crippen LogP contribution is -2.60. The number of nitrogens with one attached hydrogen (secondary N) is 2. The summed E-state index contributed by atoms with van der Waals surface area (Å²) in [5.74, 6) is -0.220. The second-order valence-corrected chi connectivity index (χ2v) is 4.77. The molecule has 0 aromatic heterocycles. The summed E-state index contributed by atoms with van der Waals surface area (Å²) >= 11 is 0. The summed E-state index contributed by atoms with van der Waals surface area (Å²) < 4.78 is 0. The summed E-state index contributed by atoms with van der Waals surface area (Å²) in [5.41, 5.74) is -1.83. The summed E-state index contributed by atoms with van der Waals surface area (Å²) in [6, 6.07) is 0. The summed E-state index contributed by atoms with van der Waals surface area (Å²) in [7, 11) is 0. The largest absolute Gasteiger partial charge is 0.394 e. The summed E-state index contributed by atoms with van der Waals surface area (Å²) in [4.78, 5) is 12.2. The SMILES string of the molecule is CCC1(C(=O)NC(CO)(CO)CO)CCNC1. The Bertz CT molecular complexity index is 252. The number of hydrogen-bond donors (Lipinski definition) is 5. The second-order valence-electron chi connectivity index (χ2n) is 4.77. The van der Waals surface area contributed by atoms with Gasteiger partial charge in [-0.25, -0.2) is 0 Å². The quantitative estimate of drug-likeness (QED) is 0.381. The average Bonchev–Trinajstić information content (AvgIpc) is 2.86. The lowest BCUT2D eigenvalue weighted by Gasteiger charge is -2.34. The Morgan fingerprint density at radius 1 is 1.35 bits per heavy atom. The van der Waals surface area contributed by atoms with Gasteiger partial charge in [-0.05, 0) is 19.4 Å². The molecule has 1 aliphatic rings. The lowest BCUT2D eigenvalue weighted by atomic mass is 9.82. The van der Waals surface area contributed by atoms with Crippen LogP contribution in [0.3, 0.4) is 0 Å². The Hall–Kier alpha value is -0.690. The van der Waals surface area contributed by atoms with Gasteiger partial charge in [0.15, 0.2) is 0 Å². The minimum absolute atomic E-state index is 0.220. The first kappa shape index (κ1) is 14.4. The van der Waals surface area contributed by atoms with Gasteiger partial charge in [0, 0.05) is 6.54 Å². The van der Waals surface area contributed by atoms with E-state index in [2.05, 4.69) is 10.6 Å². The number of carbonyl (C=O) groups is 1. The van der Waals surface area contributed by atoms with E-state index in [0.29, 0.717) is 13.0 Å². The predicted molar refractivity (Wildman–Crippen MR) is 62.3 cm³/mol. The highest BCUT2D eigenvalue weighted by atomic mass is 16.3. The molecule has 0 radical (unpaired) electrons. The summed E-state index contributed by atoms with van der Waals surface area (Å²) in [6.07, 6.45) is 1.41. The minimum Gasteiger partial charge on any atom is -0.394 e. The van der Waals surface area contributed by atoms with E-state index in [9.17, 15) is 20.1 Å². The molecule has 0 spiro atoms. The second kappa shape index (κ2) is 5.77. The fourth-order valence-electron chi connectivity index (χ4n) is 2.04. The van der Waals surface area contributed by atoms with Gasteiger partial charge in [-0.2, -0.15) is 0 Å². The van der Waals surface area contributed by atoms with Crippen LogP contribution < -0.4 is 10.6 Å². The predicted octanol–water partition coefficient (Wildman–Crippen LogP) is -1.79. The van der Waals surface area contributed by atoms with Crippen LogP contribution in [0.5, 0.6) is 0 Å². The normalized spacial score (nSPS) is 24.9. The number of aliphatic hydroxyl groups is 3. The fourth-order valence-corrected chi connectivity index (χ4v) is 2.04. The molecular weight excluding hydrogens is 224 g/mol. The van der Waals surface area contributed by atoms with Gasteiger partial charge in [0.1, 0.15) is 5.54 Å². The molecule has 1 saturated heterocycles. The van der Waals surface area contributed by atoms with E-state index in [-0.39, 0.29) is 5.91 Å². The third-order valence-corrected chi connectivity index (χ3v) is 3.69. The number of hydrogen-bond acceptors (Lipinski definition) is 5. The van der Waals surface area contributed by atoms with Crippen LogP contribution in [0.2, 0.25) is 0 Å². The zero-order valence-electron chi connectivity index (χ0n) is 10.2. The van der Waals surface area contributed by atoms with Crippen LogP contribution >= 0.6 is 0 Å². The van der Waals surface area contributed by atoms with Crippen molar-refractivity contribution in [2.45, 2.75) is 25.3 Å². The highest BCUT2D eigenvalue weighted by molar-refractivity contribution is 5.84. The van der Waals surface area contributed by atoms with Crippen molar-refractivity contribution in [2.24, 2.45) is 5.41 Å². The van der Waals surface area contributed by atoms with Crippen LogP contribution in [0.25, 0.3) is 0 Å².